The molecule has 0 fully saturated rings. The van der Waals surface area contributed by atoms with Crippen LogP contribution in [0.4, 0.5) is 5.82 Å². The van der Waals surface area contributed by atoms with E-state index in [0.29, 0.717) is 10.8 Å². The third-order valence-electron chi connectivity index (χ3n) is 2.57. The Hall–Kier alpha value is -1.08. The average molecular weight is 390 g/mol. The molecule has 6 heteroatoms. The van der Waals surface area contributed by atoms with E-state index in [-0.39, 0.29) is 5.75 Å². The van der Waals surface area contributed by atoms with Gasteiger partial charge in [-0.1, -0.05) is 11.6 Å². The van der Waals surface area contributed by atoms with E-state index >= 15 is 0 Å². The van der Waals surface area contributed by atoms with E-state index in [1.54, 1.807) is 18.2 Å². The molecule has 0 aliphatic carbocycles. The van der Waals surface area contributed by atoms with Crippen molar-refractivity contribution in [3.63, 3.8) is 0 Å². The van der Waals surface area contributed by atoms with Gasteiger partial charge in [0.1, 0.15) is 11.6 Å². The first-order chi connectivity index (χ1) is 9.02. The Kier molecular flexibility index (Phi) is 4.46. The Balaban J connectivity index is 2.52. The van der Waals surface area contributed by atoms with Gasteiger partial charge in [-0.3, -0.25) is 0 Å². The maximum Gasteiger partial charge on any atom is 0.161 e. The zero-order valence-corrected chi connectivity index (χ0v) is 13.5. The third kappa shape index (κ3) is 3.09. The van der Waals surface area contributed by atoms with E-state index in [1.165, 1.54) is 0 Å². The molecule has 1 aromatic heterocycles. The number of aromatic hydroxyl groups is 1. The van der Waals surface area contributed by atoms with Crippen LogP contribution in [0.3, 0.4) is 0 Å². The average Bonchev–Trinajstić information content (AvgIpc) is 2.38. The Bertz CT molecular complexity index is 619. The van der Waals surface area contributed by atoms with Gasteiger partial charge in [0.2, 0.25) is 0 Å². The molecule has 0 saturated carbocycles. The highest BCUT2D eigenvalue weighted by Crippen LogP contribution is 2.29. The van der Waals surface area contributed by atoms with Crippen molar-refractivity contribution in [2.24, 2.45) is 0 Å². The van der Waals surface area contributed by atoms with Crippen LogP contribution in [0.2, 0.25) is 5.02 Å². The maximum absolute atomic E-state index is 9.44. The lowest BCUT2D eigenvalue weighted by molar-refractivity contribution is 0.475. The van der Waals surface area contributed by atoms with Crippen molar-refractivity contribution in [3.05, 3.63) is 32.5 Å². The first-order valence-corrected chi connectivity index (χ1v) is 7.25. The molecule has 0 aliphatic rings. The molecule has 0 spiro atoms. The summed E-state index contributed by atoms with van der Waals surface area (Å²) in [4.78, 5) is 8.95. The molecule has 0 saturated heterocycles. The quantitative estimate of drug-likeness (QED) is 0.783. The summed E-state index contributed by atoms with van der Waals surface area (Å²) < 4.78 is 1.01. The second kappa shape index (κ2) is 5.92. The minimum Gasteiger partial charge on any atom is -0.506 e. The van der Waals surface area contributed by atoms with Crippen molar-refractivity contribution in [1.29, 1.82) is 0 Å². The topological polar surface area (TPSA) is 58.0 Å². The number of hydrogen-bond donors (Lipinski definition) is 2. The monoisotopic (exact) mass is 389 g/mol. The van der Waals surface area contributed by atoms with Gasteiger partial charge in [0.15, 0.2) is 5.82 Å². The molecule has 2 rings (SSSR count). The smallest absolute Gasteiger partial charge is 0.161 e. The van der Waals surface area contributed by atoms with E-state index in [0.717, 1.165) is 27.2 Å². The summed E-state index contributed by atoms with van der Waals surface area (Å²) in [5.41, 5.74) is 1.69. The molecule has 1 aromatic carbocycles. The molecule has 0 bridgehead atoms. The molecular formula is C13H13ClIN3O. The molecular weight excluding hydrogens is 377 g/mol. The lowest BCUT2D eigenvalue weighted by atomic mass is 10.2. The zero-order chi connectivity index (χ0) is 14.0. The van der Waals surface area contributed by atoms with Gasteiger partial charge < -0.3 is 10.4 Å². The van der Waals surface area contributed by atoms with Crippen LogP contribution in [-0.4, -0.2) is 21.6 Å². The highest BCUT2D eigenvalue weighted by molar-refractivity contribution is 14.1. The summed E-state index contributed by atoms with van der Waals surface area (Å²) in [6.07, 6.45) is 0. The first kappa shape index (κ1) is 14.3. The number of aromatic nitrogens is 2. The summed E-state index contributed by atoms with van der Waals surface area (Å²) >= 11 is 8.14. The van der Waals surface area contributed by atoms with Crippen LogP contribution in [0.5, 0.6) is 5.75 Å². The largest absolute Gasteiger partial charge is 0.506 e. The number of phenolic OH excluding ortho intramolecular Hbond substituents is 1. The minimum absolute atomic E-state index is 0.0551. The van der Waals surface area contributed by atoms with Gasteiger partial charge in [0, 0.05) is 12.1 Å². The molecule has 4 nitrogen and oxygen atoms in total. The molecule has 2 N–H and O–H groups in total. The normalized spacial score (nSPS) is 10.5. The van der Waals surface area contributed by atoms with Crippen molar-refractivity contribution >= 4 is 40.0 Å². The second-order valence-corrected chi connectivity index (χ2v) is 5.48. The fraction of sp³-hybridized carbons (Fsp3) is 0.231. The number of nitrogens with one attached hydrogen (secondary N) is 1. The van der Waals surface area contributed by atoms with Crippen LogP contribution >= 0.6 is 34.2 Å². The van der Waals surface area contributed by atoms with Crippen molar-refractivity contribution in [3.8, 4) is 17.1 Å². The van der Waals surface area contributed by atoms with E-state index in [4.69, 9.17) is 11.6 Å². The molecule has 100 valence electrons. The number of hydrogen-bond acceptors (Lipinski definition) is 4. The molecule has 2 aromatic rings. The van der Waals surface area contributed by atoms with Crippen LogP contribution < -0.4 is 5.32 Å². The minimum atomic E-state index is 0.0551. The molecule has 19 heavy (non-hydrogen) atoms. The van der Waals surface area contributed by atoms with Crippen molar-refractivity contribution in [1.82, 2.24) is 9.97 Å². The van der Waals surface area contributed by atoms with Crippen LogP contribution in [0.15, 0.2) is 18.2 Å². The Labute approximate surface area is 130 Å². The number of halogens is 2. The highest BCUT2D eigenvalue weighted by Gasteiger charge is 2.11. The van der Waals surface area contributed by atoms with Gasteiger partial charge >= 0.3 is 0 Å². The van der Waals surface area contributed by atoms with E-state index in [2.05, 4.69) is 37.9 Å². The number of anilines is 1. The van der Waals surface area contributed by atoms with E-state index in [1.807, 2.05) is 13.8 Å². The van der Waals surface area contributed by atoms with Gasteiger partial charge in [-0.25, -0.2) is 9.97 Å². The predicted molar refractivity (Wildman–Crippen MR) is 85.8 cm³/mol. The van der Waals surface area contributed by atoms with Crippen molar-refractivity contribution in [2.45, 2.75) is 13.8 Å². The van der Waals surface area contributed by atoms with Gasteiger partial charge in [0.05, 0.1) is 14.3 Å². The van der Waals surface area contributed by atoms with Crippen molar-refractivity contribution < 1.29 is 5.11 Å². The summed E-state index contributed by atoms with van der Waals surface area (Å²) in [6, 6.07) is 4.95. The number of rotatable bonds is 3. The lowest BCUT2D eigenvalue weighted by Crippen LogP contribution is -2.06. The number of nitrogens with zero attached hydrogens (tertiary/aromatic N) is 2. The summed E-state index contributed by atoms with van der Waals surface area (Å²) in [5, 5.41) is 12.9. The van der Waals surface area contributed by atoms with Crippen LogP contribution in [0.25, 0.3) is 11.4 Å². The van der Waals surface area contributed by atoms with Gasteiger partial charge in [-0.05, 0) is 54.6 Å². The molecule has 0 unspecified atom stereocenters. The number of aryl methyl sites for hydroxylation is 1. The highest BCUT2D eigenvalue weighted by atomic mass is 127. The molecule has 0 atom stereocenters. The fourth-order valence-electron chi connectivity index (χ4n) is 1.62. The van der Waals surface area contributed by atoms with Gasteiger partial charge in [0.25, 0.3) is 0 Å². The van der Waals surface area contributed by atoms with Crippen molar-refractivity contribution in [2.75, 3.05) is 11.9 Å². The number of phenols is 1. The number of benzene rings is 1. The van der Waals surface area contributed by atoms with Gasteiger partial charge in [-0.2, -0.15) is 0 Å². The third-order valence-corrected chi connectivity index (χ3v) is 4.16. The lowest BCUT2D eigenvalue weighted by Gasteiger charge is -2.10. The molecule has 0 aliphatic heterocycles. The molecule has 0 amide bonds. The Morgan fingerprint density at radius 1 is 1.37 bits per heavy atom. The van der Waals surface area contributed by atoms with Crippen LogP contribution in [0, 0.1) is 10.5 Å². The standard InChI is InChI=1S/C13H13ClIN3O/c1-3-16-13-11(15)7(2)17-12(18-13)8-4-5-10(19)9(14)6-8/h4-6,19H,3H2,1-2H3,(H,16,17,18). The second-order valence-electron chi connectivity index (χ2n) is 3.99. The molecule has 1 heterocycles. The zero-order valence-electron chi connectivity index (χ0n) is 10.5. The van der Waals surface area contributed by atoms with Crippen LogP contribution in [0.1, 0.15) is 12.6 Å². The summed E-state index contributed by atoms with van der Waals surface area (Å²) in [7, 11) is 0. The predicted octanol–water partition coefficient (Wildman–Crippen LogP) is 3.85. The Morgan fingerprint density at radius 3 is 2.74 bits per heavy atom. The first-order valence-electron chi connectivity index (χ1n) is 5.79. The molecule has 0 radical (unpaired) electrons. The van der Waals surface area contributed by atoms with Gasteiger partial charge in [-0.15, -0.1) is 0 Å². The van der Waals surface area contributed by atoms with E-state index < -0.39 is 0 Å². The van der Waals surface area contributed by atoms with E-state index in [9.17, 15) is 5.11 Å². The summed E-state index contributed by atoms with van der Waals surface area (Å²) in [5.74, 6) is 1.46. The van der Waals surface area contributed by atoms with Crippen LogP contribution in [-0.2, 0) is 0 Å². The Morgan fingerprint density at radius 2 is 2.11 bits per heavy atom. The SMILES string of the molecule is CCNc1nc(-c2ccc(O)c(Cl)c2)nc(C)c1I. The fourth-order valence-corrected chi connectivity index (χ4v) is 2.23. The maximum atomic E-state index is 9.44. The summed E-state index contributed by atoms with van der Waals surface area (Å²) in [6.45, 7) is 4.75.